The number of hydrogen-bond acceptors (Lipinski definition) is 2. The van der Waals surface area contributed by atoms with Gasteiger partial charge in [-0.25, -0.2) is 0 Å². The molecule has 1 N–H and O–H groups in total. The van der Waals surface area contributed by atoms with Crippen LogP contribution in [-0.2, 0) is 9.59 Å². The Hall–Kier alpha value is -1.32. The second-order valence-electron chi connectivity index (χ2n) is 4.08. The average molecular weight is 208 g/mol. The lowest BCUT2D eigenvalue weighted by atomic mass is 9.97. The van der Waals surface area contributed by atoms with E-state index in [1.165, 1.54) is 0 Å². The van der Waals surface area contributed by atoms with E-state index in [9.17, 15) is 9.59 Å². The lowest BCUT2D eigenvalue weighted by molar-refractivity contribution is -0.137. The van der Waals surface area contributed by atoms with Gasteiger partial charge in [0, 0.05) is 26.1 Å². The van der Waals surface area contributed by atoms with E-state index < -0.39 is 0 Å². The van der Waals surface area contributed by atoms with Crippen LogP contribution in [0.15, 0.2) is 12.2 Å². The molecule has 0 aromatic heterocycles. The Morgan fingerprint density at radius 1 is 1.47 bits per heavy atom. The molecule has 1 fully saturated rings. The Bertz CT molecular complexity index is 289. The van der Waals surface area contributed by atoms with Crippen LogP contribution in [0.4, 0.5) is 0 Å². The fourth-order valence-corrected chi connectivity index (χ4v) is 2.04. The van der Waals surface area contributed by atoms with Gasteiger partial charge in [-0.15, -0.1) is 0 Å². The molecule has 2 aliphatic rings. The molecule has 0 bridgehead atoms. The predicted molar refractivity (Wildman–Crippen MR) is 56.1 cm³/mol. The van der Waals surface area contributed by atoms with Crippen LogP contribution < -0.4 is 5.32 Å². The molecule has 0 aliphatic carbocycles. The van der Waals surface area contributed by atoms with E-state index >= 15 is 0 Å². The number of carbonyl (C=O) groups excluding carboxylic acids is 2. The normalized spacial score (nSPS) is 26.3. The zero-order valence-electron chi connectivity index (χ0n) is 8.74. The molecular formula is C11H16N2O2. The molecule has 82 valence electrons. The van der Waals surface area contributed by atoms with Crippen LogP contribution >= 0.6 is 0 Å². The Labute approximate surface area is 89.3 Å². The monoisotopic (exact) mass is 208 g/mol. The van der Waals surface area contributed by atoms with Crippen molar-refractivity contribution in [1.82, 2.24) is 10.2 Å². The topological polar surface area (TPSA) is 49.4 Å². The SMILES string of the molecule is O=C1CCC(C(=O)N2CC=CCC2)CN1. The highest BCUT2D eigenvalue weighted by Crippen LogP contribution is 2.15. The number of piperidine rings is 1. The van der Waals surface area contributed by atoms with E-state index in [4.69, 9.17) is 0 Å². The third kappa shape index (κ3) is 2.37. The van der Waals surface area contributed by atoms with Gasteiger partial charge in [-0.05, 0) is 12.8 Å². The second-order valence-corrected chi connectivity index (χ2v) is 4.08. The van der Waals surface area contributed by atoms with Gasteiger partial charge < -0.3 is 10.2 Å². The first-order valence-corrected chi connectivity index (χ1v) is 5.48. The number of nitrogens with one attached hydrogen (secondary N) is 1. The van der Waals surface area contributed by atoms with Gasteiger partial charge in [-0.3, -0.25) is 9.59 Å². The number of rotatable bonds is 1. The molecular weight excluding hydrogens is 192 g/mol. The summed E-state index contributed by atoms with van der Waals surface area (Å²) in [5, 5.41) is 2.75. The van der Waals surface area contributed by atoms with Crippen molar-refractivity contribution in [1.29, 1.82) is 0 Å². The molecule has 0 aromatic carbocycles. The summed E-state index contributed by atoms with van der Waals surface area (Å²) in [5.41, 5.74) is 0. The van der Waals surface area contributed by atoms with Crippen molar-refractivity contribution in [3.63, 3.8) is 0 Å². The second kappa shape index (κ2) is 4.47. The molecule has 0 spiro atoms. The maximum atomic E-state index is 12.0. The van der Waals surface area contributed by atoms with Crippen LogP contribution in [0.2, 0.25) is 0 Å². The van der Waals surface area contributed by atoms with Crippen LogP contribution in [0.3, 0.4) is 0 Å². The van der Waals surface area contributed by atoms with Gasteiger partial charge in [-0.1, -0.05) is 12.2 Å². The molecule has 1 atom stereocenters. The van der Waals surface area contributed by atoms with E-state index in [2.05, 4.69) is 11.4 Å². The Balaban J connectivity index is 1.90. The van der Waals surface area contributed by atoms with E-state index in [0.717, 1.165) is 19.5 Å². The smallest absolute Gasteiger partial charge is 0.227 e. The van der Waals surface area contributed by atoms with Crippen LogP contribution in [0.25, 0.3) is 0 Å². The summed E-state index contributed by atoms with van der Waals surface area (Å²) < 4.78 is 0. The van der Waals surface area contributed by atoms with Gasteiger partial charge in [0.25, 0.3) is 0 Å². The third-order valence-corrected chi connectivity index (χ3v) is 2.98. The molecule has 2 amide bonds. The summed E-state index contributed by atoms with van der Waals surface area (Å²) in [6, 6.07) is 0. The number of carbonyl (C=O) groups is 2. The largest absolute Gasteiger partial charge is 0.355 e. The van der Waals surface area contributed by atoms with Crippen LogP contribution in [0.5, 0.6) is 0 Å². The first-order chi connectivity index (χ1) is 7.27. The molecule has 2 aliphatic heterocycles. The summed E-state index contributed by atoms with van der Waals surface area (Å²) >= 11 is 0. The third-order valence-electron chi connectivity index (χ3n) is 2.98. The maximum Gasteiger partial charge on any atom is 0.227 e. The first kappa shape index (κ1) is 10.2. The lowest BCUT2D eigenvalue weighted by Gasteiger charge is -2.30. The average Bonchev–Trinajstić information content (AvgIpc) is 2.30. The van der Waals surface area contributed by atoms with Crippen LogP contribution in [0.1, 0.15) is 19.3 Å². The van der Waals surface area contributed by atoms with Crippen LogP contribution in [-0.4, -0.2) is 36.3 Å². The zero-order chi connectivity index (χ0) is 10.7. The Morgan fingerprint density at radius 2 is 2.33 bits per heavy atom. The maximum absolute atomic E-state index is 12.0. The van der Waals surface area contributed by atoms with E-state index in [0.29, 0.717) is 19.4 Å². The quantitative estimate of drug-likeness (QED) is 0.630. The molecule has 4 heteroatoms. The molecule has 0 aromatic rings. The van der Waals surface area contributed by atoms with Gasteiger partial charge in [-0.2, -0.15) is 0 Å². The predicted octanol–water partition coefficient (Wildman–Crippen LogP) is 0.301. The van der Waals surface area contributed by atoms with E-state index in [1.807, 2.05) is 11.0 Å². The lowest BCUT2D eigenvalue weighted by Crippen LogP contribution is -2.45. The Morgan fingerprint density at radius 3 is 2.93 bits per heavy atom. The summed E-state index contributed by atoms with van der Waals surface area (Å²) in [7, 11) is 0. The van der Waals surface area contributed by atoms with Crippen molar-refractivity contribution in [2.45, 2.75) is 19.3 Å². The molecule has 2 rings (SSSR count). The minimum atomic E-state index is -0.00537. The van der Waals surface area contributed by atoms with Gasteiger partial charge in [0.05, 0.1) is 5.92 Å². The van der Waals surface area contributed by atoms with Crippen molar-refractivity contribution in [3.05, 3.63) is 12.2 Å². The standard InChI is InChI=1S/C11H16N2O2/c14-10-5-4-9(8-12-10)11(15)13-6-2-1-3-7-13/h1-2,9H,3-8H2,(H,12,14). The molecule has 1 saturated heterocycles. The number of nitrogens with zero attached hydrogens (tertiary/aromatic N) is 1. The fourth-order valence-electron chi connectivity index (χ4n) is 2.04. The minimum absolute atomic E-state index is 0.00537. The highest BCUT2D eigenvalue weighted by Gasteiger charge is 2.27. The molecule has 0 saturated carbocycles. The van der Waals surface area contributed by atoms with Crippen molar-refractivity contribution in [3.8, 4) is 0 Å². The minimum Gasteiger partial charge on any atom is -0.355 e. The zero-order valence-corrected chi connectivity index (χ0v) is 8.74. The number of amides is 2. The highest BCUT2D eigenvalue weighted by molar-refractivity contribution is 5.83. The highest BCUT2D eigenvalue weighted by atomic mass is 16.2. The van der Waals surface area contributed by atoms with E-state index in [1.54, 1.807) is 0 Å². The van der Waals surface area contributed by atoms with Gasteiger partial charge >= 0.3 is 0 Å². The summed E-state index contributed by atoms with van der Waals surface area (Å²) in [5.74, 6) is 0.256. The molecule has 15 heavy (non-hydrogen) atoms. The molecule has 4 nitrogen and oxygen atoms in total. The molecule has 0 radical (unpaired) electrons. The van der Waals surface area contributed by atoms with E-state index in [-0.39, 0.29) is 17.7 Å². The van der Waals surface area contributed by atoms with Gasteiger partial charge in [0.15, 0.2) is 0 Å². The van der Waals surface area contributed by atoms with Gasteiger partial charge in [0.1, 0.15) is 0 Å². The van der Waals surface area contributed by atoms with Crippen LogP contribution in [0, 0.1) is 5.92 Å². The van der Waals surface area contributed by atoms with Crippen molar-refractivity contribution in [2.75, 3.05) is 19.6 Å². The summed E-state index contributed by atoms with van der Waals surface area (Å²) in [6.07, 6.45) is 6.27. The molecule has 1 unspecified atom stereocenters. The molecule has 2 heterocycles. The number of hydrogen-bond donors (Lipinski definition) is 1. The van der Waals surface area contributed by atoms with Gasteiger partial charge in [0.2, 0.25) is 11.8 Å². The summed E-state index contributed by atoms with van der Waals surface area (Å²) in [6.45, 7) is 2.06. The van der Waals surface area contributed by atoms with Crippen molar-refractivity contribution >= 4 is 11.8 Å². The van der Waals surface area contributed by atoms with Crippen molar-refractivity contribution < 1.29 is 9.59 Å². The summed E-state index contributed by atoms with van der Waals surface area (Å²) in [4.78, 5) is 24.8. The van der Waals surface area contributed by atoms with Crippen molar-refractivity contribution in [2.24, 2.45) is 5.92 Å². The fraction of sp³-hybridized carbons (Fsp3) is 0.636. The first-order valence-electron chi connectivity index (χ1n) is 5.48. The Kier molecular flexibility index (Phi) is 3.04.